The molecule has 0 saturated heterocycles. The third-order valence-corrected chi connectivity index (χ3v) is 4.07. The van der Waals surface area contributed by atoms with Crippen LogP contribution in [-0.4, -0.2) is 34.6 Å². The fraction of sp³-hybridized carbons (Fsp3) is 0.100. The first kappa shape index (κ1) is 23.4. The van der Waals surface area contributed by atoms with Crippen molar-refractivity contribution in [3.05, 3.63) is 92.0 Å². The molecule has 2 aromatic rings. The van der Waals surface area contributed by atoms with Gasteiger partial charge in [0.1, 0.15) is 0 Å². The third kappa shape index (κ3) is 7.16. The summed E-state index contributed by atoms with van der Waals surface area (Å²) in [5, 5.41) is 28.9. The van der Waals surface area contributed by atoms with E-state index in [2.05, 4.69) is 20.8 Å². The van der Waals surface area contributed by atoms with Gasteiger partial charge in [-0.25, -0.2) is 10.4 Å². The number of hydrogen-bond donors (Lipinski definition) is 2. The lowest BCUT2D eigenvalue weighted by atomic mass is 10.1. The first-order chi connectivity index (χ1) is 14.5. The van der Waals surface area contributed by atoms with E-state index in [0.29, 0.717) is 18.2 Å². The van der Waals surface area contributed by atoms with Gasteiger partial charge in [0.25, 0.3) is 11.4 Å². The molecule has 0 atom stereocenters. The van der Waals surface area contributed by atoms with Gasteiger partial charge < -0.3 is 5.32 Å². The summed E-state index contributed by atoms with van der Waals surface area (Å²) < 4.78 is 0. The number of hydrazone groups is 1. The highest BCUT2D eigenvalue weighted by atomic mass is 79.9. The van der Waals surface area contributed by atoms with Gasteiger partial charge in [0.15, 0.2) is 0 Å². The number of rotatable bonds is 7. The van der Waals surface area contributed by atoms with Gasteiger partial charge in [-0.1, -0.05) is 12.2 Å². The Balaban J connectivity index is 0.00000341. The van der Waals surface area contributed by atoms with Gasteiger partial charge in [0.05, 0.1) is 22.1 Å². The van der Waals surface area contributed by atoms with Gasteiger partial charge in [-0.15, -0.1) is 17.0 Å². The number of hydrogen-bond acceptors (Lipinski definition) is 8. The van der Waals surface area contributed by atoms with Gasteiger partial charge in [-0.2, -0.15) is 5.10 Å². The number of nitro groups is 2. The second kappa shape index (κ2) is 11.4. The summed E-state index contributed by atoms with van der Waals surface area (Å²) in [6.07, 6.45) is 7.03. The minimum atomic E-state index is -0.452. The van der Waals surface area contributed by atoms with Crippen LogP contribution in [0.25, 0.3) is 12.2 Å². The lowest BCUT2D eigenvalue weighted by Gasteiger charge is -2.01. The third-order valence-electron chi connectivity index (χ3n) is 4.07. The van der Waals surface area contributed by atoms with Gasteiger partial charge in [0.2, 0.25) is 5.96 Å². The molecule has 0 saturated carbocycles. The topological polar surface area (TPSA) is 135 Å². The monoisotopic (exact) mass is 486 g/mol. The number of nitrogens with zero attached hydrogens (tertiary/aromatic N) is 4. The van der Waals surface area contributed by atoms with Crippen molar-refractivity contribution in [2.45, 2.75) is 0 Å². The molecule has 3 rings (SSSR count). The van der Waals surface area contributed by atoms with Crippen molar-refractivity contribution in [3.8, 4) is 0 Å². The molecular formula is C20H19BrN6O4. The van der Waals surface area contributed by atoms with Crippen molar-refractivity contribution in [2.24, 2.45) is 10.1 Å². The molecule has 1 aliphatic heterocycles. The van der Waals surface area contributed by atoms with Crippen molar-refractivity contribution < 1.29 is 9.85 Å². The number of non-ortho nitro benzene ring substituents is 2. The van der Waals surface area contributed by atoms with E-state index < -0.39 is 9.85 Å². The molecule has 0 radical (unpaired) electrons. The maximum absolute atomic E-state index is 10.8. The Morgan fingerprint density at radius 3 is 1.81 bits per heavy atom. The van der Waals surface area contributed by atoms with Crippen LogP contribution in [0.4, 0.5) is 11.4 Å². The van der Waals surface area contributed by atoms with Crippen LogP contribution in [0, 0.1) is 20.2 Å². The molecule has 10 nitrogen and oxygen atoms in total. The first-order valence-electron chi connectivity index (χ1n) is 8.98. The van der Waals surface area contributed by atoms with Crippen molar-refractivity contribution in [2.75, 3.05) is 13.1 Å². The summed E-state index contributed by atoms with van der Waals surface area (Å²) in [4.78, 5) is 24.8. The maximum atomic E-state index is 10.8. The molecule has 0 aliphatic carbocycles. The second-order valence-electron chi connectivity index (χ2n) is 6.17. The molecule has 0 fully saturated rings. The van der Waals surface area contributed by atoms with E-state index in [1.807, 2.05) is 0 Å². The highest BCUT2D eigenvalue weighted by molar-refractivity contribution is 8.93. The van der Waals surface area contributed by atoms with E-state index in [0.717, 1.165) is 17.7 Å². The van der Waals surface area contributed by atoms with Crippen molar-refractivity contribution in [1.82, 2.24) is 10.7 Å². The summed E-state index contributed by atoms with van der Waals surface area (Å²) >= 11 is 0. The standard InChI is InChI=1S/C20H18N6O4.BrH/c27-25(28)18-9-3-15(4-10-18)1-7-17(23-24-20-21-13-14-22-20)8-2-16-5-11-19(12-6-16)26(29)30;/h1-12H,13-14H2,(H2,21,22,24);1H. The van der Waals surface area contributed by atoms with E-state index in [1.165, 1.54) is 24.3 Å². The smallest absolute Gasteiger partial charge is 0.269 e. The largest absolute Gasteiger partial charge is 0.353 e. The van der Waals surface area contributed by atoms with Crippen LogP contribution in [0.15, 0.2) is 70.8 Å². The fourth-order valence-corrected chi connectivity index (χ4v) is 2.50. The highest BCUT2D eigenvalue weighted by Crippen LogP contribution is 2.14. The average Bonchev–Trinajstić information content (AvgIpc) is 3.27. The summed E-state index contributed by atoms with van der Waals surface area (Å²) in [6.45, 7) is 1.41. The van der Waals surface area contributed by atoms with Gasteiger partial charge in [-0.05, 0) is 47.5 Å². The quantitative estimate of drug-likeness (QED) is 0.347. The number of allylic oxidation sites excluding steroid dienone is 2. The molecule has 1 aliphatic rings. The summed E-state index contributed by atoms with van der Waals surface area (Å²) in [6, 6.07) is 12.3. The highest BCUT2D eigenvalue weighted by Gasteiger charge is 2.05. The predicted molar refractivity (Wildman–Crippen MR) is 125 cm³/mol. The average molecular weight is 487 g/mol. The Morgan fingerprint density at radius 2 is 1.42 bits per heavy atom. The van der Waals surface area contributed by atoms with Crippen LogP contribution in [0.1, 0.15) is 11.1 Å². The van der Waals surface area contributed by atoms with Crippen molar-refractivity contribution in [1.29, 1.82) is 0 Å². The Morgan fingerprint density at radius 1 is 0.935 bits per heavy atom. The van der Waals surface area contributed by atoms with Crippen molar-refractivity contribution in [3.63, 3.8) is 0 Å². The normalized spacial score (nSPS) is 12.7. The van der Waals surface area contributed by atoms with Crippen molar-refractivity contribution >= 4 is 52.2 Å². The molecule has 0 unspecified atom stereocenters. The number of halogens is 1. The number of aliphatic imine (C=N–C) groups is 1. The maximum Gasteiger partial charge on any atom is 0.269 e. The molecule has 2 N–H and O–H groups in total. The van der Waals surface area contributed by atoms with Crippen LogP contribution in [0.5, 0.6) is 0 Å². The molecule has 1 heterocycles. The molecule has 160 valence electrons. The molecule has 0 aromatic heterocycles. The lowest BCUT2D eigenvalue weighted by Crippen LogP contribution is -2.30. The van der Waals surface area contributed by atoms with E-state index in [4.69, 9.17) is 0 Å². The minimum Gasteiger partial charge on any atom is -0.353 e. The number of guanidine groups is 1. The molecule has 0 spiro atoms. The Hall–Kier alpha value is -3.86. The minimum absolute atomic E-state index is 0. The predicted octanol–water partition coefficient (Wildman–Crippen LogP) is 3.71. The summed E-state index contributed by atoms with van der Waals surface area (Å²) in [7, 11) is 0. The van der Waals surface area contributed by atoms with Crippen LogP contribution in [0.2, 0.25) is 0 Å². The van der Waals surface area contributed by atoms with E-state index in [1.54, 1.807) is 48.6 Å². The molecule has 0 bridgehead atoms. The zero-order valence-corrected chi connectivity index (χ0v) is 17.9. The molecule has 2 aromatic carbocycles. The summed E-state index contributed by atoms with van der Waals surface area (Å²) in [5.41, 5.74) is 4.99. The van der Waals surface area contributed by atoms with E-state index in [9.17, 15) is 20.2 Å². The van der Waals surface area contributed by atoms with Gasteiger partial charge >= 0.3 is 0 Å². The SMILES string of the molecule is Br.O=[N+]([O-])c1ccc(C=CC(C=Cc2ccc([N+](=O)[O-])cc2)=NNC2=NCCN2)cc1. The molecule has 0 amide bonds. The molecular weight excluding hydrogens is 468 g/mol. The van der Waals surface area contributed by atoms with Crippen LogP contribution < -0.4 is 10.7 Å². The number of nitro benzene ring substituents is 2. The number of nitrogens with one attached hydrogen (secondary N) is 2. The van der Waals surface area contributed by atoms with Crippen LogP contribution >= 0.6 is 17.0 Å². The first-order valence-corrected chi connectivity index (χ1v) is 8.98. The summed E-state index contributed by atoms with van der Waals surface area (Å²) in [5.74, 6) is 0.569. The zero-order chi connectivity index (χ0) is 21.3. The van der Waals surface area contributed by atoms with Crippen LogP contribution in [0.3, 0.4) is 0 Å². The Bertz CT molecular complexity index is 977. The van der Waals surface area contributed by atoms with E-state index in [-0.39, 0.29) is 28.4 Å². The van der Waals surface area contributed by atoms with Gasteiger partial charge in [0, 0.05) is 30.8 Å². The second-order valence-corrected chi connectivity index (χ2v) is 6.17. The zero-order valence-electron chi connectivity index (χ0n) is 16.2. The lowest BCUT2D eigenvalue weighted by molar-refractivity contribution is -0.385. The number of benzene rings is 2. The molecule has 31 heavy (non-hydrogen) atoms. The van der Waals surface area contributed by atoms with Crippen LogP contribution in [-0.2, 0) is 0 Å². The molecule has 11 heteroatoms. The van der Waals surface area contributed by atoms with E-state index >= 15 is 0 Å². The van der Waals surface area contributed by atoms with Gasteiger partial charge in [-0.3, -0.25) is 20.2 Å². The Labute approximate surface area is 188 Å². The fourth-order valence-electron chi connectivity index (χ4n) is 2.50. The Kier molecular flexibility index (Phi) is 8.58.